The predicted octanol–water partition coefficient (Wildman–Crippen LogP) is 12.5. The number of rotatable bonds is 8. The van der Waals surface area contributed by atoms with Crippen molar-refractivity contribution >= 4 is 17.1 Å². The van der Waals surface area contributed by atoms with Crippen LogP contribution >= 0.6 is 0 Å². The molecule has 0 N–H and O–H groups in total. The maximum Gasteiger partial charge on any atom is 0.0540 e. The van der Waals surface area contributed by atoms with Gasteiger partial charge in [-0.2, -0.15) is 0 Å². The van der Waals surface area contributed by atoms with Crippen LogP contribution in [0.25, 0.3) is 33.4 Å². The smallest absolute Gasteiger partial charge is 0.0540 e. The van der Waals surface area contributed by atoms with E-state index in [1.165, 1.54) is 50.2 Å². The molecule has 2 atom stereocenters. The van der Waals surface area contributed by atoms with Crippen LogP contribution in [-0.2, 0) is 5.41 Å². The van der Waals surface area contributed by atoms with Gasteiger partial charge in [-0.1, -0.05) is 147 Å². The topological polar surface area (TPSA) is 3.24 Å². The lowest BCUT2D eigenvalue weighted by Crippen LogP contribution is -2.31. The van der Waals surface area contributed by atoms with Crippen LogP contribution in [0.1, 0.15) is 43.7 Å². The van der Waals surface area contributed by atoms with Crippen LogP contribution in [0.3, 0.4) is 0 Å². The molecule has 1 nitrogen and oxygen atoms in total. The summed E-state index contributed by atoms with van der Waals surface area (Å²) in [6.45, 7) is 4.71. The number of hydrogen-bond acceptors (Lipinski definition) is 1. The highest BCUT2D eigenvalue weighted by atomic mass is 15.1. The summed E-state index contributed by atoms with van der Waals surface area (Å²) in [7, 11) is 0. The monoisotopic (exact) mass is 617 g/mol. The molecule has 6 aromatic rings. The summed E-state index contributed by atoms with van der Waals surface area (Å²) in [6, 6.07) is 55.3. The van der Waals surface area contributed by atoms with Crippen molar-refractivity contribution in [3.63, 3.8) is 0 Å². The second-order valence-corrected chi connectivity index (χ2v) is 13.0. The van der Waals surface area contributed by atoms with Crippen LogP contribution in [0.15, 0.2) is 164 Å². The molecular weight excluding hydrogens is 579 g/mol. The number of para-hydroxylation sites is 1. The molecule has 0 saturated carbocycles. The van der Waals surface area contributed by atoms with Crippen LogP contribution in [-0.4, -0.2) is 0 Å². The van der Waals surface area contributed by atoms with Crippen molar-refractivity contribution in [2.45, 2.75) is 38.0 Å². The first-order valence-corrected chi connectivity index (χ1v) is 17.2. The first-order valence-electron chi connectivity index (χ1n) is 17.2. The minimum atomic E-state index is 0.0582. The first kappa shape index (κ1) is 29.8. The summed E-state index contributed by atoms with van der Waals surface area (Å²) in [5.41, 5.74) is 13.6. The zero-order chi connectivity index (χ0) is 32.5. The molecule has 8 rings (SSSR count). The second-order valence-electron chi connectivity index (χ2n) is 13.0. The Kier molecular flexibility index (Phi) is 7.79. The first-order chi connectivity index (χ1) is 23.7. The number of hydrogen-bond donors (Lipinski definition) is 0. The van der Waals surface area contributed by atoms with Gasteiger partial charge in [-0.3, -0.25) is 0 Å². The molecule has 0 spiro atoms. The van der Waals surface area contributed by atoms with Crippen molar-refractivity contribution in [1.29, 1.82) is 0 Å². The standard InChI is InChI=1S/C47H39N/c1-3-47(4-2)44-27-13-11-26-42(44)43-30-29-40(33-45(43)47)48(39-24-16-22-37(32-39)35-19-9-6-10-20-35)46-28-14-12-25-41(46)38-23-15-21-36(31-38)34-17-7-5-8-18-34/h5-10,12-25,27-33,42,44H,3-4H2,1-2H3. The van der Waals surface area contributed by atoms with Crippen molar-refractivity contribution in [3.8, 4) is 45.2 Å². The van der Waals surface area contributed by atoms with E-state index in [9.17, 15) is 0 Å². The lowest BCUT2D eigenvalue weighted by atomic mass is 9.68. The Morgan fingerprint density at radius 2 is 1.17 bits per heavy atom. The molecule has 0 aliphatic heterocycles. The highest BCUT2D eigenvalue weighted by Gasteiger charge is 2.49. The summed E-state index contributed by atoms with van der Waals surface area (Å²) >= 11 is 0. The number of nitrogens with zero attached hydrogens (tertiary/aromatic N) is 1. The molecule has 2 aliphatic rings. The van der Waals surface area contributed by atoms with Gasteiger partial charge in [0, 0.05) is 28.3 Å². The third-order valence-electron chi connectivity index (χ3n) is 10.7. The third-order valence-corrected chi connectivity index (χ3v) is 10.7. The largest absolute Gasteiger partial charge is 0.310 e. The van der Waals surface area contributed by atoms with E-state index in [1.54, 1.807) is 0 Å². The molecule has 2 aliphatic carbocycles. The second kappa shape index (κ2) is 12.6. The number of anilines is 3. The molecule has 0 bridgehead atoms. The van der Waals surface area contributed by atoms with E-state index >= 15 is 0 Å². The lowest BCUT2D eigenvalue weighted by molar-refractivity contribution is 0.309. The lowest BCUT2D eigenvalue weighted by Gasteiger charge is -2.35. The van der Waals surface area contributed by atoms with Crippen LogP contribution in [0.2, 0.25) is 0 Å². The molecule has 0 saturated heterocycles. The van der Waals surface area contributed by atoms with Gasteiger partial charge in [0.25, 0.3) is 0 Å². The molecule has 232 valence electrons. The van der Waals surface area contributed by atoms with E-state index in [1.807, 2.05) is 0 Å². The maximum absolute atomic E-state index is 3.60. The van der Waals surface area contributed by atoms with Gasteiger partial charge in [0.2, 0.25) is 0 Å². The fourth-order valence-electron chi connectivity index (χ4n) is 8.22. The molecule has 48 heavy (non-hydrogen) atoms. The van der Waals surface area contributed by atoms with E-state index in [0.29, 0.717) is 5.92 Å². The highest BCUT2D eigenvalue weighted by Crippen LogP contribution is 2.57. The average molecular weight is 618 g/mol. The van der Waals surface area contributed by atoms with Gasteiger partial charge >= 0.3 is 0 Å². The molecule has 0 fully saturated rings. The molecule has 0 heterocycles. The van der Waals surface area contributed by atoms with Crippen molar-refractivity contribution in [3.05, 3.63) is 175 Å². The zero-order valence-corrected chi connectivity index (χ0v) is 27.6. The fourth-order valence-corrected chi connectivity index (χ4v) is 8.22. The van der Waals surface area contributed by atoms with Crippen LogP contribution < -0.4 is 4.90 Å². The predicted molar refractivity (Wildman–Crippen MR) is 203 cm³/mol. The highest BCUT2D eigenvalue weighted by molar-refractivity contribution is 5.90. The van der Waals surface area contributed by atoms with Crippen LogP contribution in [0, 0.1) is 17.8 Å². The Morgan fingerprint density at radius 3 is 1.90 bits per heavy atom. The normalized spacial score (nSPS) is 16.8. The van der Waals surface area contributed by atoms with Crippen molar-refractivity contribution in [2.24, 2.45) is 5.92 Å². The number of allylic oxidation sites excluding steroid dienone is 2. The van der Waals surface area contributed by atoms with E-state index in [0.717, 1.165) is 24.2 Å². The molecule has 0 aromatic heterocycles. The maximum atomic E-state index is 3.60. The summed E-state index contributed by atoms with van der Waals surface area (Å²) in [6.07, 6.45) is 6.62. The van der Waals surface area contributed by atoms with Crippen LogP contribution in [0.5, 0.6) is 0 Å². The zero-order valence-electron chi connectivity index (χ0n) is 27.6. The minimum absolute atomic E-state index is 0.0582. The molecule has 2 unspecified atom stereocenters. The third kappa shape index (κ3) is 5.06. The Morgan fingerprint density at radius 1 is 0.562 bits per heavy atom. The molecule has 6 aromatic carbocycles. The molecule has 1 heteroatoms. The summed E-state index contributed by atoms with van der Waals surface area (Å²) in [5.74, 6) is 7.55. The van der Waals surface area contributed by atoms with Crippen LogP contribution in [0.4, 0.5) is 17.1 Å². The van der Waals surface area contributed by atoms with E-state index in [4.69, 9.17) is 0 Å². The van der Waals surface area contributed by atoms with Crippen molar-refractivity contribution in [1.82, 2.24) is 0 Å². The Balaban J connectivity index is 1.33. The van der Waals surface area contributed by atoms with Gasteiger partial charge in [0.15, 0.2) is 0 Å². The summed E-state index contributed by atoms with van der Waals surface area (Å²) < 4.78 is 0. The molecular formula is C47H39N. The molecule has 0 radical (unpaired) electrons. The summed E-state index contributed by atoms with van der Waals surface area (Å²) in [4.78, 5) is 2.47. The van der Waals surface area contributed by atoms with Crippen molar-refractivity contribution in [2.75, 3.05) is 4.90 Å². The quantitative estimate of drug-likeness (QED) is 0.154. The SMILES string of the molecule is CCC1(CC)c2cc(N(c3cccc(-c4ccccc4)c3)c3ccccc3-c3cccc(-c4ccccc4)c3)ccc2C2C#CC=CC21. The Labute approximate surface area is 285 Å². The summed E-state index contributed by atoms with van der Waals surface area (Å²) in [5, 5.41) is 0. The van der Waals surface area contributed by atoms with Gasteiger partial charge in [0.05, 0.1) is 11.6 Å². The minimum Gasteiger partial charge on any atom is -0.310 e. The van der Waals surface area contributed by atoms with Gasteiger partial charge in [0.1, 0.15) is 0 Å². The van der Waals surface area contributed by atoms with E-state index in [-0.39, 0.29) is 11.3 Å². The number of fused-ring (bicyclic) bond motifs is 3. The van der Waals surface area contributed by atoms with Gasteiger partial charge in [-0.15, -0.1) is 0 Å². The van der Waals surface area contributed by atoms with E-state index in [2.05, 4.69) is 194 Å². The van der Waals surface area contributed by atoms with E-state index < -0.39 is 0 Å². The Hall–Kier alpha value is -5.58. The fraction of sp³-hybridized carbons (Fsp3) is 0.149. The molecule has 0 amide bonds. The Bertz CT molecular complexity index is 2180. The number of benzene rings is 6. The van der Waals surface area contributed by atoms with Gasteiger partial charge in [-0.05, 0) is 94.3 Å². The van der Waals surface area contributed by atoms with Gasteiger partial charge < -0.3 is 4.90 Å². The average Bonchev–Trinajstić information content (AvgIpc) is 3.45. The van der Waals surface area contributed by atoms with Crippen molar-refractivity contribution < 1.29 is 0 Å². The van der Waals surface area contributed by atoms with Gasteiger partial charge in [-0.25, -0.2) is 0 Å².